The summed E-state index contributed by atoms with van der Waals surface area (Å²) in [4.78, 5) is 10.7. The van der Waals surface area contributed by atoms with Crippen LogP contribution in [0.2, 0.25) is 0 Å². The van der Waals surface area contributed by atoms with Crippen LogP contribution in [0.5, 0.6) is 0 Å². The lowest BCUT2D eigenvalue weighted by Crippen LogP contribution is -2.41. The summed E-state index contributed by atoms with van der Waals surface area (Å²) < 4.78 is 37.9. The summed E-state index contributed by atoms with van der Waals surface area (Å²) in [6, 6.07) is 2.37. The van der Waals surface area contributed by atoms with Crippen molar-refractivity contribution in [3.05, 3.63) is 28.2 Å². The molecule has 1 unspecified atom stereocenters. The second-order valence-electron chi connectivity index (χ2n) is 3.62. The summed E-state index contributed by atoms with van der Waals surface area (Å²) in [6.45, 7) is -0.0386. The molecular weight excluding hydrogens is 315 g/mol. The van der Waals surface area contributed by atoms with Crippen molar-refractivity contribution in [2.75, 3.05) is 11.9 Å². The lowest BCUT2D eigenvalue weighted by molar-refractivity contribution is -0.137. The summed E-state index contributed by atoms with van der Waals surface area (Å²) in [6.07, 6.45) is -4.44. The standard InChI is InChI=1S/C10H11BrF3N3O/c11-6-1-5(10(12,13)14)2-7(3-6)17-4-8(15)9(16)18/h1-3,8,17H,4,15H2,(H2,16,18). The van der Waals surface area contributed by atoms with Crippen molar-refractivity contribution in [2.24, 2.45) is 11.5 Å². The zero-order valence-corrected chi connectivity index (χ0v) is 10.7. The molecule has 4 nitrogen and oxygen atoms in total. The maximum Gasteiger partial charge on any atom is 0.416 e. The molecule has 0 aliphatic carbocycles. The fourth-order valence-electron chi connectivity index (χ4n) is 1.18. The Labute approximate surface area is 110 Å². The van der Waals surface area contributed by atoms with Gasteiger partial charge in [-0.15, -0.1) is 0 Å². The van der Waals surface area contributed by atoms with Crippen LogP contribution in [-0.4, -0.2) is 18.5 Å². The van der Waals surface area contributed by atoms with Gasteiger partial charge < -0.3 is 16.8 Å². The first-order chi connectivity index (χ1) is 8.20. The van der Waals surface area contributed by atoms with E-state index in [1.165, 1.54) is 6.07 Å². The minimum absolute atomic E-state index is 0.0386. The van der Waals surface area contributed by atoms with Gasteiger partial charge in [0.1, 0.15) is 6.04 Å². The number of carbonyl (C=O) groups excluding carboxylic acids is 1. The van der Waals surface area contributed by atoms with E-state index in [-0.39, 0.29) is 16.7 Å². The smallest absolute Gasteiger partial charge is 0.383 e. The molecule has 8 heteroatoms. The Kier molecular flexibility index (Phi) is 4.58. The third kappa shape index (κ3) is 4.19. The van der Waals surface area contributed by atoms with Gasteiger partial charge >= 0.3 is 6.18 Å². The third-order valence-electron chi connectivity index (χ3n) is 2.12. The van der Waals surface area contributed by atoms with E-state index in [0.717, 1.165) is 12.1 Å². The molecule has 0 fully saturated rings. The van der Waals surface area contributed by atoms with Gasteiger partial charge in [-0.1, -0.05) is 15.9 Å². The number of hydrogen-bond acceptors (Lipinski definition) is 3. The van der Waals surface area contributed by atoms with Gasteiger partial charge in [-0.05, 0) is 18.2 Å². The molecule has 0 spiro atoms. The van der Waals surface area contributed by atoms with Crippen molar-refractivity contribution < 1.29 is 18.0 Å². The lowest BCUT2D eigenvalue weighted by atomic mass is 10.2. The fraction of sp³-hybridized carbons (Fsp3) is 0.300. The zero-order valence-electron chi connectivity index (χ0n) is 9.09. The Morgan fingerprint density at radius 2 is 2.00 bits per heavy atom. The van der Waals surface area contributed by atoms with Gasteiger partial charge in [0.2, 0.25) is 5.91 Å². The van der Waals surface area contributed by atoms with Gasteiger partial charge in [0.05, 0.1) is 5.56 Å². The summed E-state index contributed by atoms with van der Waals surface area (Å²) >= 11 is 2.98. The Hall–Kier alpha value is -1.28. The van der Waals surface area contributed by atoms with Gasteiger partial charge in [-0.3, -0.25) is 4.79 Å². The molecule has 1 amide bonds. The molecule has 1 aromatic carbocycles. The summed E-state index contributed by atoms with van der Waals surface area (Å²) in [5.41, 5.74) is 9.69. The molecule has 18 heavy (non-hydrogen) atoms. The highest BCUT2D eigenvalue weighted by Gasteiger charge is 2.31. The number of nitrogens with one attached hydrogen (secondary N) is 1. The van der Waals surface area contributed by atoms with E-state index in [1.807, 2.05) is 0 Å². The maximum atomic E-state index is 12.5. The number of amides is 1. The quantitative estimate of drug-likeness (QED) is 0.788. The highest BCUT2D eigenvalue weighted by Crippen LogP contribution is 2.33. The first kappa shape index (κ1) is 14.8. The number of hydrogen-bond donors (Lipinski definition) is 3. The summed E-state index contributed by atoms with van der Waals surface area (Å²) in [5.74, 6) is -0.728. The Morgan fingerprint density at radius 3 is 2.50 bits per heavy atom. The van der Waals surface area contributed by atoms with Gasteiger partial charge in [-0.25, -0.2) is 0 Å². The molecule has 5 N–H and O–H groups in total. The second-order valence-corrected chi connectivity index (χ2v) is 4.53. The molecule has 0 saturated heterocycles. The van der Waals surface area contributed by atoms with Crippen molar-refractivity contribution in [1.29, 1.82) is 0 Å². The molecule has 0 heterocycles. The third-order valence-corrected chi connectivity index (χ3v) is 2.57. The largest absolute Gasteiger partial charge is 0.416 e. The second kappa shape index (κ2) is 5.57. The average Bonchev–Trinajstić information content (AvgIpc) is 2.23. The topological polar surface area (TPSA) is 81.1 Å². The van der Waals surface area contributed by atoms with Crippen molar-refractivity contribution >= 4 is 27.5 Å². The molecule has 0 aliphatic heterocycles. The number of primary amides is 1. The van der Waals surface area contributed by atoms with Crippen LogP contribution in [0.1, 0.15) is 5.56 Å². The molecular formula is C10H11BrF3N3O. The van der Waals surface area contributed by atoms with Crippen molar-refractivity contribution in [3.8, 4) is 0 Å². The highest BCUT2D eigenvalue weighted by molar-refractivity contribution is 9.10. The molecule has 0 saturated carbocycles. The van der Waals surface area contributed by atoms with Gasteiger partial charge in [-0.2, -0.15) is 13.2 Å². The molecule has 1 rings (SSSR count). The number of alkyl halides is 3. The monoisotopic (exact) mass is 325 g/mol. The van der Waals surface area contributed by atoms with Crippen molar-refractivity contribution in [3.63, 3.8) is 0 Å². The molecule has 0 aromatic heterocycles. The van der Waals surface area contributed by atoms with Crippen LogP contribution >= 0.6 is 15.9 Å². The predicted octanol–water partition coefficient (Wildman–Crippen LogP) is 1.69. The Morgan fingerprint density at radius 1 is 1.39 bits per heavy atom. The van der Waals surface area contributed by atoms with Gasteiger partial charge in [0, 0.05) is 16.7 Å². The maximum absolute atomic E-state index is 12.5. The Bertz CT molecular complexity index is 450. The zero-order chi connectivity index (χ0) is 13.9. The van der Waals surface area contributed by atoms with Gasteiger partial charge in [0.15, 0.2) is 0 Å². The van der Waals surface area contributed by atoms with E-state index in [0.29, 0.717) is 0 Å². The molecule has 0 radical (unpaired) electrons. The number of benzene rings is 1. The van der Waals surface area contributed by atoms with Crippen LogP contribution in [0.25, 0.3) is 0 Å². The number of anilines is 1. The Balaban J connectivity index is 2.84. The summed E-state index contributed by atoms with van der Waals surface area (Å²) in [7, 11) is 0. The minimum atomic E-state index is -4.44. The molecule has 1 atom stereocenters. The van der Waals surface area contributed by atoms with E-state index in [4.69, 9.17) is 11.5 Å². The fourth-order valence-corrected chi connectivity index (χ4v) is 1.68. The van der Waals surface area contributed by atoms with E-state index in [1.54, 1.807) is 0 Å². The number of carbonyl (C=O) groups is 1. The van der Waals surface area contributed by atoms with E-state index in [9.17, 15) is 18.0 Å². The SMILES string of the molecule is NC(=O)C(N)CNc1cc(Br)cc(C(F)(F)F)c1. The van der Waals surface area contributed by atoms with Crippen LogP contribution in [-0.2, 0) is 11.0 Å². The van der Waals surface area contributed by atoms with Gasteiger partial charge in [0.25, 0.3) is 0 Å². The van der Waals surface area contributed by atoms with Crippen LogP contribution < -0.4 is 16.8 Å². The van der Waals surface area contributed by atoms with Crippen LogP contribution in [0.4, 0.5) is 18.9 Å². The van der Waals surface area contributed by atoms with Crippen LogP contribution in [0.15, 0.2) is 22.7 Å². The van der Waals surface area contributed by atoms with Crippen LogP contribution in [0, 0.1) is 0 Å². The lowest BCUT2D eigenvalue weighted by Gasteiger charge is -2.13. The first-order valence-corrected chi connectivity index (χ1v) is 5.66. The van der Waals surface area contributed by atoms with E-state index in [2.05, 4.69) is 21.2 Å². The summed E-state index contributed by atoms with van der Waals surface area (Å²) in [5, 5.41) is 2.62. The normalized spacial score (nSPS) is 13.2. The number of halogens is 4. The molecule has 1 aromatic rings. The van der Waals surface area contributed by atoms with Crippen molar-refractivity contribution in [2.45, 2.75) is 12.2 Å². The highest BCUT2D eigenvalue weighted by atomic mass is 79.9. The minimum Gasteiger partial charge on any atom is -0.383 e. The number of rotatable bonds is 4. The molecule has 0 bridgehead atoms. The molecule has 0 aliphatic rings. The van der Waals surface area contributed by atoms with E-state index >= 15 is 0 Å². The average molecular weight is 326 g/mol. The predicted molar refractivity (Wildman–Crippen MR) is 64.8 cm³/mol. The van der Waals surface area contributed by atoms with E-state index < -0.39 is 23.7 Å². The first-order valence-electron chi connectivity index (χ1n) is 4.86. The number of nitrogens with two attached hydrogens (primary N) is 2. The van der Waals surface area contributed by atoms with Crippen molar-refractivity contribution in [1.82, 2.24) is 0 Å². The molecule has 100 valence electrons. The van der Waals surface area contributed by atoms with Crippen LogP contribution in [0.3, 0.4) is 0 Å².